The summed E-state index contributed by atoms with van der Waals surface area (Å²) in [7, 11) is 0. The molecule has 6 nitrogen and oxygen atoms in total. The normalized spacial score (nSPS) is 19.8. The molecule has 24 heavy (non-hydrogen) atoms. The fourth-order valence-corrected chi connectivity index (χ4v) is 3.74. The first-order valence-electron chi connectivity index (χ1n) is 9.34. The Morgan fingerprint density at radius 1 is 0.958 bits per heavy atom. The molecule has 0 saturated heterocycles. The Labute approximate surface area is 143 Å². The third-order valence-corrected chi connectivity index (χ3v) is 5.09. The van der Waals surface area contributed by atoms with E-state index in [1.54, 1.807) is 16.9 Å². The van der Waals surface area contributed by atoms with Gasteiger partial charge in [-0.25, -0.2) is 0 Å². The molecule has 1 aromatic heterocycles. The number of nitrogens with zero attached hydrogens (tertiary/aromatic N) is 2. The van der Waals surface area contributed by atoms with E-state index in [0.717, 1.165) is 25.7 Å². The lowest BCUT2D eigenvalue weighted by Gasteiger charge is -2.22. The number of carbonyl (C=O) groups excluding carboxylic acids is 2. The van der Waals surface area contributed by atoms with Gasteiger partial charge in [0.1, 0.15) is 12.2 Å². The maximum atomic E-state index is 12.2. The highest BCUT2D eigenvalue weighted by atomic mass is 16.2. The van der Waals surface area contributed by atoms with Crippen LogP contribution >= 0.6 is 0 Å². The van der Waals surface area contributed by atoms with Crippen molar-refractivity contribution in [1.29, 1.82) is 0 Å². The Morgan fingerprint density at radius 3 is 2.17 bits per heavy atom. The van der Waals surface area contributed by atoms with Crippen LogP contribution in [0.1, 0.15) is 74.7 Å². The third-order valence-electron chi connectivity index (χ3n) is 5.09. The van der Waals surface area contributed by atoms with E-state index >= 15 is 0 Å². The molecular weight excluding hydrogens is 304 g/mol. The molecule has 2 N–H and O–H groups in total. The van der Waals surface area contributed by atoms with Gasteiger partial charge in [0, 0.05) is 18.3 Å². The van der Waals surface area contributed by atoms with Gasteiger partial charge in [-0.2, -0.15) is 5.10 Å². The molecule has 2 aliphatic carbocycles. The molecule has 0 unspecified atom stereocenters. The maximum absolute atomic E-state index is 12.2. The van der Waals surface area contributed by atoms with E-state index in [9.17, 15) is 9.59 Å². The van der Waals surface area contributed by atoms with Gasteiger partial charge in [0.15, 0.2) is 0 Å². The predicted octanol–water partition coefficient (Wildman–Crippen LogP) is 2.39. The van der Waals surface area contributed by atoms with E-state index in [4.69, 9.17) is 0 Å². The first-order valence-corrected chi connectivity index (χ1v) is 9.34. The van der Waals surface area contributed by atoms with Crippen LogP contribution in [-0.2, 0) is 11.3 Å². The molecule has 0 aromatic carbocycles. The maximum Gasteiger partial charge on any atom is 0.271 e. The number of rotatable bonds is 5. The van der Waals surface area contributed by atoms with Crippen LogP contribution in [0.2, 0.25) is 0 Å². The molecule has 2 aliphatic rings. The Bertz CT molecular complexity index is 557. The smallest absolute Gasteiger partial charge is 0.271 e. The predicted molar refractivity (Wildman–Crippen MR) is 91.6 cm³/mol. The fraction of sp³-hybridized carbons (Fsp3) is 0.722. The highest BCUT2D eigenvalue weighted by molar-refractivity contribution is 5.92. The van der Waals surface area contributed by atoms with Crippen molar-refractivity contribution in [2.75, 3.05) is 0 Å². The topological polar surface area (TPSA) is 76.0 Å². The molecule has 2 amide bonds. The van der Waals surface area contributed by atoms with Crippen LogP contribution < -0.4 is 10.6 Å². The summed E-state index contributed by atoms with van der Waals surface area (Å²) in [6, 6.07) is 2.26. The van der Waals surface area contributed by atoms with Gasteiger partial charge in [-0.15, -0.1) is 0 Å². The van der Waals surface area contributed by atoms with Gasteiger partial charge in [0.25, 0.3) is 5.91 Å². The Kier molecular flexibility index (Phi) is 5.88. The lowest BCUT2D eigenvalue weighted by molar-refractivity contribution is -0.122. The number of aromatic nitrogens is 2. The number of hydrogen-bond donors (Lipinski definition) is 2. The Morgan fingerprint density at radius 2 is 1.54 bits per heavy atom. The average molecular weight is 332 g/mol. The second-order valence-electron chi connectivity index (χ2n) is 7.11. The number of carbonyl (C=O) groups is 2. The first kappa shape index (κ1) is 17.0. The SMILES string of the molecule is O=C(Cn1ccc(C(=O)NC2CCCCC2)n1)NC1CCCCC1. The summed E-state index contributed by atoms with van der Waals surface area (Å²) < 4.78 is 1.55. The largest absolute Gasteiger partial charge is 0.352 e. The highest BCUT2D eigenvalue weighted by Crippen LogP contribution is 2.18. The molecule has 1 heterocycles. The number of amides is 2. The van der Waals surface area contributed by atoms with Crippen molar-refractivity contribution >= 4 is 11.8 Å². The number of nitrogens with one attached hydrogen (secondary N) is 2. The van der Waals surface area contributed by atoms with Gasteiger partial charge in [-0.1, -0.05) is 38.5 Å². The summed E-state index contributed by atoms with van der Waals surface area (Å²) in [5, 5.41) is 10.4. The van der Waals surface area contributed by atoms with E-state index in [-0.39, 0.29) is 24.4 Å². The molecular formula is C18H28N4O2. The average Bonchev–Trinajstić information content (AvgIpc) is 3.05. The van der Waals surface area contributed by atoms with Crippen molar-refractivity contribution in [3.8, 4) is 0 Å². The van der Waals surface area contributed by atoms with Gasteiger partial charge in [-0.3, -0.25) is 14.3 Å². The van der Waals surface area contributed by atoms with Crippen LogP contribution in [0.15, 0.2) is 12.3 Å². The molecule has 0 aliphatic heterocycles. The molecule has 0 bridgehead atoms. The molecule has 2 fully saturated rings. The van der Waals surface area contributed by atoms with Gasteiger partial charge in [0.05, 0.1) is 0 Å². The zero-order valence-electron chi connectivity index (χ0n) is 14.3. The van der Waals surface area contributed by atoms with Gasteiger partial charge in [0.2, 0.25) is 5.91 Å². The molecule has 0 radical (unpaired) electrons. The van der Waals surface area contributed by atoms with E-state index < -0.39 is 0 Å². The summed E-state index contributed by atoms with van der Waals surface area (Å²) in [5.41, 5.74) is 0.394. The van der Waals surface area contributed by atoms with E-state index in [0.29, 0.717) is 11.7 Å². The summed E-state index contributed by atoms with van der Waals surface area (Å²) in [6.07, 6.45) is 13.2. The molecule has 2 saturated carbocycles. The summed E-state index contributed by atoms with van der Waals surface area (Å²) in [5.74, 6) is -0.155. The van der Waals surface area contributed by atoms with Crippen LogP contribution in [0.25, 0.3) is 0 Å². The quantitative estimate of drug-likeness (QED) is 0.869. The molecule has 0 spiro atoms. The van der Waals surface area contributed by atoms with Crippen molar-refractivity contribution < 1.29 is 9.59 Å². The second kappa shape index (κ2) is 8.31. The monoisotopic (exact) mass is 332 g/mol. The molecule has 132 valence electrons. The Balaban J connectivity index is 1.47. The fourth-order valence-electron chi connectivity index (χ4n) is 3.74. The molecule has 1 aromatic rings. The first-order chi connectivity index (χ1) is 11.7. The van der Waals surface area contributed by atoms with Crippen LogP contribution in [0.5, 0.6) is 0 Å². The summed E-state index contributed by atoms with van der Waals surface area (Å²) in [4.78, 5) is 24.3. The lowest BCUT2D eigenvalue weighted by Crippen LogP contribution is -2.38. The zero-order valence-corrected chi connectivity index (χ0v) is 14.3. The minimum Gasteiger partial charge on any atom is -0.352 e. The van der Waals surface area contributed by atoms with Crippen molar-refractivity contribution in [3.05, 3.63) is 18.0 Å². The Hall–Kier alpha value is -1.85. The minimum atomic E-state index is -0.131. The van der Waals surface area contributed by atoms with E-state index in [1.807, 2.05) is 0 Å². The van der Waals surface area contributed by atoms with E-state index in [1.165, 1.54) is 38.5 Å². The molecule has 3 rings (SSSR count). The second-order valence-corrected chi connectivity index (χ2v) is 7.11. The van der Waals surface area contributed by atoms with Crippen molar-refractivity contribution in [3.63, 3.8) is 0 Å². The number of hydrogen-bond acceptors (Lipinski definition) is 3. The lowest BCUT2D eigenvalue weighted by atomic mass is 9.95. The molecule has 6 heteroatoms. The standard InChI is InChI=1S/C18H28N4O2/c23-17(19-14-7-3-1-4-8-14)13-22-12-11-16(21-22)18(24)20-15-9-5-2-6-10-15/h11-12,14-15H,1-10,13H2,(H,19,23)(H,20,24). The van der Waals surface area contributed by atoms with Gasteiger partial charge >= 0.3 is 0 Å². The van der Waals surface area contributed by atoms with Gasteiger partial charge < -0.3 is 10.6 Å². The highest BCUT2D eigenvalue weighted by Gasteiger charge is 2.19. The zero-order chi connectivity index (χ0) is 16.8. The van der Waals surface area contributed by atoms with Crippen molar-refractivity contribution in [1.82, 2.24) is 20.4 Å². The summed E-state index contributed by atoms with van der Waals surface area (Å²) in [6.45, 7) is 0.174. The van der Waals surface area contributed by atoms with Crippen LogP contribution in [0, 0.1) is 0 Å². The van der Waals surface area contributed by atoms with Crippen molar-refractivity contribution in [2.45, 2.75) is 82.8 Å². The van der Waals surface area contributed by atoms with Crippen LogP contribution in [0.3, 0.4) is 0 Å². The van der Waals surface area contributed by atoms with Gasteiger partial charge in [-0.05, 0) is 31.7 Å². The summed E-state index contributed by atoms with van der Waals surface area (Å²) >= 11 is 0. The third kappa shape index (κ3) is 4.82. The molecule has 0 atom stereocenters. The van der Waals surface area contributed by atoms with Crippen LogP contribution in [-0.4, -0.2) is 33.7 Å². The minimum absolute atomic E-state index is 0.0239. The van der Waals surface area contributed by atoms with Crippen molar-refractivity contribution in [2.24, 2.45) is 0 Å². The van der Waals surface area contributed by atoms with Crippen LogP contribution in [0.4, 0.5) is 0 Å². The van der Waals surface area contributed by atoms with E-state index in [2.05, 4.69) is 15.7 Å².